The number of amides is 2. The first-order chi connectivity index (χ1) is 13.0. The summed E-state index contributed by atoms with van der Waals surface area (Å²) in [5, 5.41) is 3.56. The molecular formula is C20H21ClN3O2S+. The number of benzene rings is 2. The fourth-order valence-corrected chi connectivity index (χ4v) is 4.38. The number of nitrogens with one attached hydrogen (secondary N) is 2. The van der Waals surface area contributed by atoms with Crippen molar-refractivity contribution >= 4 is 46.6 Å². The van der Waals surface area contributed by atoms with Crippen LogP contribution in [-0.4, -0.2) is 38.0 Å². The number of para-hydroxylation sites is 1. The first-order valence-electron chi connectivity index (χ1n) is 9.01. The molecule has 2 aromatic carbocycles. The van der Waals surface area contributed by atoms with E-state index in [1.54, 1.807) is 16.7 Å². The Labute approximate surface area is 167 Å². The fourth-order valence-electron chi connectivity index (χ4n) is 3.18. The van der Waals surface area contributed by atoms with Crippen LogP contribution >= 0.6 is 23.4 Å². The van der Waals surface area contributed by atoms with Gasteiger partial charge in [0.15, 0.2) is 13.1 Å². The average molecular weight is 403 g/mol. The minimum atomic E-state index is -0.0528. The van der Waals surface area contributed by atoms with Gasteiger partial charge in [-0.15, -0.1) is 0 Å². The van der Waals surface area contributed by atoms with Crippen molar-refractivity contribution in [1.29, 1.82) is 0 Å². The molecule has 0 spiro atoms. The molecule has 1 unspecified atom stereocenters. The van der Waals surface area contributed by atoms with E-state index in [0.29, 0.717) is 11.1 Å². The van der Waals surface area contributed by atoms with Crippen molar-refractivity contribution in [2.45, 2.75) is 28.7 Å². The van der Waals surface area contributed by atoms with Gasteiger partial charge >= 0.3 is 0 Å². The Morgan fingerprint density at radius 2 is 1.89 bits per heavy atom. The van der Waals surface area contributed by atoms with E-state index in [-0.39, 0.29) is 24.9 Å². The first kappa shape index (κ1) is 18.3. The molecule has 1 atom stereocenters. The Balaban J connectivity index is 1.55. The number of nitrogens with zero attached hydrogens (tertiary/aromatic N) is 1. The topological polar surface area (TPSA) is 53.9 Å². The van der Waals surface area contributed by atoms with Crippen LogP contribution in [0.5, 0.6) is 0 Å². The number of rotatable bonds is 5. The summed E-state index contributed by atoms with van der Waals surface area (Å²) in [5.74, 6) is -0.0520. The van der Waals surface area contributed by atoms with Crippen LogP contribution in [0.15, 0.2) is 52.3 Å². The number of carbonyl (C=O) groups excluding carboxylic acids is 2. The largest absolute Gasteiger partial charge is 0.348 e. The lowest BCUT2D eigenvalue weighted by Gasteiger charge is -2.31. The molecule has 1 heterocycles. The molecule has 0 radical (unpaired) electrons. The second-order valence-electron chi connectivity index (χ2n) is 7.06. The van der Waals surface area contributed by atoms with E-state index in [1.807, 2.05) is 49.5 Å². The maximum atomic E-state index is 13.2. The van der Waals surface area contributed by atoms with Gasteiger partial charge in [0.05, 0.1) is 18.4 Å². The quantitative estimate of drug-likeness (QED) is 0.806. The van der Waals surface area contributed by atoms with Crippen molar-refractivity contribution < 1.29 is 14.5 Å². The van der Waals surface area contributed by atoms with Crippen LogP contribution in [0.2, 0.25) is 5.02 Å². The molecule has 4 rings (SSSR count). The molecule has 27 heavy (non-hydrogen) atoms. The molecular weight excluding hydrogens is 382 g/mol. The van der Waals surface area contributed by atoms with E-state index < -0.39 is 0 Å². The summed E-state index contributed by atoms with van der Waals surface area (Å²) in [4.78, 5) is 29.8. The van der Waals surface area contributed by atoms with Gasteiger partial charge in [-0.1, -0.05) is 35.5 Å². The Morgan fingerprint density at radius 1 is 1.15 bits per heavy atom. The molecule has 2 aromatic rings. The van der Waals surface area contributed by atoms with E-state index in [2.05, 4.69) is 5.32 Å². The Hall–Kier alpha value is -2.02. The maximum Gasteiger partial charge on any atom is 0.286 e. The van der Waals surface area contributed by atoms with Crippen molar-refractivity contribution in [1.82, 2.24) is 5.32 Å². The number of anilines is 2. The molecule has 2 N–H and O–H groups in total. The highest BCUT2D eigenvalue weighted by Crippen LogP contribution is 2.48. The van der Waals surface area contributed by atoms with E-state index in [0.717, 1.165) is 38.9 Å². The first-order valence-corrected chi connectivity index (χ1v) is 10.2. The molecule has 1 aliphatic heterocycles. The lowest BCUT2D eigenvalue weighted by Crippen LogP contribution is -3.11. The predicted octanol–water partition coefficient (Wildman–Crippen LogP) is 2.26. The number of quaternary nitrogens is 1. The van der Waals surface area contributed by atoms with Crippen LogP contribution < -0.4 is 15.1 Å². The molecule has 2 aliphatic rings. The number of carbonyl (C=O) groups is 2. The van der Waals surface area contributed by atoms with Gasteiger partial charge in [0.2, 0.25) is 0 Å². The van der Waals surface area contributed by atoms with Gasteiger partial charge < -0.3 is 10.2 Å². The smallest absolute Gasteiger partial charge is 0.286 e. The lowest BCUT2D eigenvalue weighted by atomic mass is 10.2. The van der Waals surface area contributed by atoms with Crippen LogP contribution in [0.4, 0.5) is 11.4 Å². The molecule has 1 saturated carbocycles. The summed E-state index contributed by atoms with van der Waals surface area (Å²) < 4.78 is 0. The molecule has 1 fully saturated rings. The standard InChI is InChI=1S/C20H20ClN3O2S/c1-23(11-19(25)22-14-7-8-14)12-20(26)24-15-4-2-3-5-17(15)27-18-9-6-13(21)10-16(18)24/h2-6,9-10,14H,7-8,11-12H2,1H3,(H,22,25)/p+1. The van der Waals surface area contributed by atoms with Crippen LogP contribution in [0.1, 0.15) is 12.8 Å². The third-order valence-corrected chi connectivity index (χ3v) is 5.96. The predicted molar refractivity (Wildman–Crippen MR) is 107 cm³/mol. The van der Waals surface area contributed by atoms with E-state index >= 15 is 0 Å². The molecule has 1 aliphatic carbocycles. The Kier molecular flexibility index (Phi) is 5.12. The third-order valence-electron chi connectivity index (χ3n) is 4.60. The molecule has 140 valence electrons. The highest BCUT2D eigenvalue weighted by Gasteiger charge is 2.31. The van der Waals surface area contributed by atoms with Crippen molar-refractivity contribution in [3.63, 3.8) is 0 Å². The highest BCUT2D eigenvalue weighted by atomic mass is 35.5. The van der Waals surface area contributed by atoms with Gasteiger partial charge in [0.1, 0.15) is 0 Å². The van der Waals surface area contributed by atoms with E-state index in [9.17, 15) is 9.59 Å². The highest BCUT2D eigenvalue weighted by molar-refractivity contribution is 7.99. The van der Waals surface area contributed by atoms with Gasteiger partial charge in [-0.2, -0.15) is 0 Å². The lowest BCUT2D eigenvalue weighted by molar-refractivity contribution is -0.862. The van der Waals surface area contributed by atoms with Gasteiger partial charge in [0.25, 0.3) is 11.8 Å². The monoisotopic (exact) mass is 402 g/mol. The van der Waals surface area contributed by atoms with Gasteiger partial charge in [-0.25, -0.2) is 0 Å². The SMILES string of the molecule is C[NH+](CC(=O)NC1CC1)CC(=O)N1c2ccccc2Sc2ccc(Cl)cc21. The van der Waals surface area contributed by atoms with Crippen LogP contribution in [-0.2, 0) is 9.59 Å². The summed E-state index contributed by atoms with van der Waals surface area (Å²) >= 11 is 7.83. The fraction of sp³-hybridized carbons (Fsp3) is 0.300. The molecule has 0 aromatic heterocycles. The van der Waals surface area contributed by atoms with E-state index in [4.69, 9.17) is 11.6 Å². The zero-order valence-corrected chi connectivity index (χ0v) is 16.6. The van der Waals surface area contributed by atoms with Crippen molar-refractivity contribution in [2.24, 2.45) is 0 Å². The van der Waals surface area contributed by atoms with Crippen molar-refractivity contribution in [3.05, 3.63) is 47.5 Å². The van der Waals surface area contributed by atoms with Gasteiger partial charge in [-0.05, 0) is 43.2 Å². The third kappa shape index (κ3) is 4.13. The summed E-state index contributed by atoms with van der Waals surface area (Å²) in [6, 6.07) is 13.8. The van der Waals surface area contributed by atoms with Crippen molar-refractivity contribution in [2.75, 3.05) is 25.0 Å². The van der Waals surface area contributed by atoms with Crippen LogP contribution in [0.3, 0.4) is 0 Å². The number of likely N-dealkylation sites (N-methyl/N-ethyl adjacent to an activating group) is 1. The minimum Gasteiger partial charge on any atom is -0.348 e. The number of fused-ring (bicyclic) bond motifs is 2. The zero-order chi connectivity index (χ0) is 19.0. The molecule has 7 heteroatoms. The second kappa shape index (κ2) is 7.54. The summed E-state index contributed by atoms with van der Waals surface area (Å²) in [6.07, 6.45) is 2.12. The number of halogens is 1. The average Bonchev–Trinajstić information content (AvgIpc) is 3.43. The molecule has 2 amide bonds. The Morgan fingerprint density at radius 3 is 2.67 bits per heavy atom. The Bertz CT molecular complexity index is 901. The summed E-state index contributed by atoms with van der Waals surface area (Å²) in [6.45, 7) is 0.512. The zero-order valence-electron chi connectivity index (χ0n) is 15.0. The second-order valence-corrected chi connectivity index (χ2v) is 8.58. The number of hydrogen-bond acceptors (Lipinski definition) is 3. The minimum absolute atomic E-state index is 0.000782. The molecule has 0 bridgehead atoms. The number of hydrogen-bond donors (Lipinski definition) is 2. The van der Waals surface area contributed by atoms with Crippen LogP contribution in [0.25, 0.3) is 0 Å². The van der Waals surface area contributed by atoms with E-state index in [1.165, 1.54) is 0 Å². The van der Waals surface area contributed by atoms with Crippen LogP contribution in [0, 0.1) is 0 Å². The maximum absolute atomic E-state index is 13.2. The normalized spacial score (nSPS) is 16.3. The molecule has 0 saturated heterocycles. The van der Waals surface area contributed by atoms with Gasteiger partial charge in [-0.3, -0.25) is 14.5 Å². The van der Waals surface area contributed by atoms with Gasteiger partial charge in [0, 0.05) is 20.9 Å². The summed E-state index contributed by atoms with van der Waals surface area (Å²) in [7, 11) is 1.87. The molecule has 5 nitrogen and oxygen atoms in total. The summed E-state index contributed by atoms with van der Waals surface area (Å²) in [5.41, 5.74) is 1.66. The van der Waals surface area contributed by atoms with Crippen molar-refractivity contribution in [3.8, 4) is 0 Å².